The van der Waals surface area contributed by atoms with Gasteiger partial charge in [0.1, 0.15) is 11.0 Å². The van der Waals surface area contributed by atoms with Crippen LogP contribution < -0.4 is 9.47 Å². The summed E-state index contributed by atoms with van der Waals surface area (Å²) in [6.45, 7) is 0.266. The van der Waals surface area contributed by atoms with Gasteiger partial charge in [0.2, 0.25) is 0 Å². The predicted molar refractivity (Wildman–Crippen MR) is 145 cm³/mol. The zero-order valence-electron chi connectivity index (χ0n) is 19.7. The van der Waals surface area contributed by atoms with Gasteiger partial charge in [0.15, 0.2) is 11.5 Å². The van der Waals surface area contributed by atoms with Gasteiger partial charge >= 0.3 is 0 Å². The normalized spacial score (nSPS) is 21.4. The van der Waals surface area contributed by atoms with Crippen molar-refractivity contribution in [3.05, 3.63) is 35.0 Å². The Kier molecular flexibility index (Phi) is 7.05. The SMILES string of the molecule is OCC1CCC(Oc2c(OC3CCCCC3)c(-c3cccs3)c3nsnc3c2-c2cccs2)CC1. The van der Waals surface area contributed by atoms with Crippen LogP contribution in [0.5, 0.6) is 11.5 Å². The van der Waals surface area contributed by atoms with Gasteiger partial charge in [-0.2, -0.15) is 8.75 Å². The molecule has 0 radical (unpaired) electrons. The Hall–Kier alpha value is -2.00. The lowest BCUT2D eigenvalue weighted by atomic mass is 9.88. The molecule has 35 heavy (non-hydrogen) atoms. The zero-order valence-corrected chi connectivity index (χ0v) is 22.1. The summed E-state index contributed by atoms with van der Waals surface area (Å²) in [7, 11) is 0. The smallest absolute Gasteiger partial charge is 0.173 e. The fourth-order valence-electron chi connectivity index (χ4n) is 5.43. The monoisotopic (exact) mass is 526 g/mol. The minimum absolute atomic E-state index is 0.102. The van der Waals surface area contributed by atoms with Crippen molar-refractivity contribution in [3.8, 4) is 32.4 Å². The lowest BCUT2D eigenvalue weighted by Crippen LogP contribution is -2.26. The zero-order chi connectivity index (χ0) is 23.6. The fraction of sp³-hybridized carbons (Fsp3) is 0.481. The molecule has 2 aliphatic rings. The standard InChI is InChI=1S/C27H30N2O3S3/c30-16-17-10-12-19(13-11-17)32-27-23(21-9-5-15-34-21)25-24(28-35-29-25)22(20-8-4-14-33-20)26(27)31-18-6-2-1-3-7-18/h4-5,8-9,14-15,17-19,30H,1-3,6-7,10-13,16H2. The summed E-state index contributed by atoms with van der Waals surface area (Å²) in [6.07, 6.45) is 10.0. The summed E-state index contributed by atoms with van der Waals surface area (Å²) in [5.41, 5.74) is 3.84. The number of ether oxygens (including phenoxy) is 2. The molecule has 0 amide bonds. The largest absolute Gasteiger partial charge is 0.486 e. The van der Waals surface area contributed by atoms with Gasteiger partial charge in [-0.25, -0.2) is 0 Å². The van der Waals surface area contributed by atoms with Gasteiger partial charge in [-0.05, 0) is 80.2 Å². The second-order valence-corrected chi connectivity index (χ2v) is 12.1. The van der Waals surface area contributed by atoms with Crippen molar-refractivity contribution in [3.63, 3.8) is 0 Å². The van der Waals surface area contributed by atoms with Gasteiger partial charge in [0.25, 0.3) is 0 Å². The maximum atomic E-state index is 9.63. The Morgan fingerprint density at radius 2 is 1.29 bits per heavy atom. The second-order valence-electron chi connectivity index (χ2n) is 9.65. The van der Waals surface area contributed by atoms with E-state index in [0.29, 0.717) is 5.92 Å². The van der Waals surface area contributed by atoms with Gasteiger partial charge < -0.3 is 14.6 Å². The predicted octanol–water partition coefficient (Wildman–Crippen LogP) is 7.79. The maximum Gasteiger partial charge on any atom is 0.173 e. The highest BCUT2D eigenvalue weighted by Gasteiger charge is 2.32. The Morgan fingerprint density at radius 3 is 1.77 bits per heavy atom. The van der Waals surface area contributed by atoms with Crippen molar-refractivity contribution in [2.24, 2.45) is 5.92 Å². The Balaban J connectivity index is 1.53. The third-order valence-corrected chi connectivity index (χ3v) is 9.63. The summed E-state index contributed by atoms with van der Waals surface area (Å²) < 4.78 is 23.4. The van der Waals surface area contributed by atoms with E-state index < -0.39 is 0 Å². The van der Waals surface area contributed by atoms with Crippen molar-refractivity contribution >= 4 is 45.4 Å². The molecule has 184 valence electrons. The fourth-order valence-corrected chi connectivity index (χ4v) is 7.53. The van der Waals surface area contributed by atoms with Crippen molar-refractivity contribution in [1.29, 1.82) is 0 Å². The molecule has 0 unspecified atom stereocenters. The van der Waals surface area contributed by atoms with Gasteiger partial charge in [0, 0.05) is 16.4 Å². The van der Waals surface area contributed by atoms with Crippen LogP contribution in [0.25, 0.3) is 31.9 Å². The van der Waals surface area contributed by atoms with E-state index in [9.17, 15) is 5.11 Å². The molecule has 3 heterocycles. The first kappa shape index (κ1) is 23.4. The molecule has 6 rings (SSSR count). The third-order valence-electron chi connectivity index (χ3n) is 7.33. The van der Waals surface area contributed by atoms with Crippen molar-refractivity contribution in [2.75, 3.05) is 6.61 Å². The first-order chi connectivity index (χ1) is 17.3. The average molecular weight is 527 g/mol. The number of fused-ring (bicyclic) bond motifs is 1. The number of thiophene rings is 2. The Labute approximate surface area is 218 Å². The average Bonchev–Trinajstić information content (AvgIpc) is 3.69. The molecule has 2 aliphatic carbocycles. The molecule has 4 aromatic rings. The molecule has 0 aliphatic heterocycles. The molecular weight excluding hydrogens is 497 g/mol. The maximum absolute atomic E-state index is 9.63. The lowest BCUT2D eigenvalue weighted by Gasteiger charge is -2.31. The minimum Gasteiger partial charge on any atom is -0.486 e. The molecular formula is C27H30N2O3S3. The van der Waals surface area contributed by atoms with E-state index >= 15 is 0 Å². The van der Waals surface area contributed by atoms with E-state index in [0.717, 1.165) is 81.9 Å². The number of aromatic nitrogens is 2. The van der Waals surface area contributed by atoms with Crippen LogP contribution in [0.15, 0.2) is 35.0 Å². The quantitative estimate of drug-likeness (QED) is 0.266. The highest BCUT2D eigenvalue weighted by Crippen LogP contribution is 2.53. The number of hydrogen-bond donors (Lipinski definition) is 1. The van der Waals surface area contributed by atoms with E-state index in [2.05, 4.69) is 35.0 Å². The topological polar surface area (TPSA) is 64.5 Å². The van der Waals surface area contributed by atoms with Crippen LogP contribution in [0.2, 0.25) is 0 Å². The van der Waals surface area contributed by atoms with Crippen molar-refractivity contribution in [1.82, 2.24) is 8.75 Å². The second kappa shape index (κ2) is 10.5. The molecule has 0 bridgehead atoms. The number of rotatable bonds is 7. The number of benzene rings is 1. The molecule has 0 atom stereocenters. The molecule has 3 aromatic heterocycles. The minimum atomic E-state index is 0.102. The van der Waals surface area contributed by atoms with Gasteiger partial charge in [-0.3, -0.25) is 0 Å². The first-order valence-electron chi connectivity index (χ1n) is 12.7. The molecule has 5 nitrogen and oxygen atoms in total. The van der Waals surface area contributed by atoms with E-state index in [-0.39, 0.29) is 18.8 Å². The summed E-state index contributed by atoms with van der Waals surface area (Å²) in [6, 6.07) is 8.45. The summed E-state index contributed by atoms with van der Waals surface area (Å²) in [5, 5.41) is 13.8. The molecule has 1 aromatic carbocycles. The van der Waals surface area contributed by atoms with E-state index in [1.54, 1.807) is 22.7 Å². The summed E-state index contributed by atoms with van der Waals surface area (Å²) in [5.74, 6) is 2.05. The summed E-state index contributed by atoms with van der Waals surface area (Å²) >= 11 is 4.67. The van der Waals surface area contributed by atoms with Crippen molar-refractivity contribution < 1.29 is 14.6 Å². The molecule has 1 N–H and O–H groups in total. The Bertz CT molecular complexity index is 1240. The number of aliphatic hydroxyl groups excluding tert-OH is 1. The van der Waals surface area contributed by atoms with Crippen LogP contribution in [0, 0.1) is 5.92 Å². The third kappa shape index (κ3) is 4.73. The molecule has 8 heteroatoms. The van der Waals surface area contributed by atoms with Crippen LogP contribution in [0.1, 0.15) is 57.8 Å². The van der Waals surface area contributed by atoms with Crippen LogP contribution in [0.4, 0.5) is 0 Å². The van der Waals surface area contributed by atoms with E-state index in [4.69, 9.17) is 18.2 Å². The number of aliphatic hydroxyl groups is 1. The van der Waals surface area contributed by atoms with E-state index in [1.807, 2.05) is 0 Å². The number of hydrogen-bond acceptors (Lipinski definition) is 8. The molecule has 2 saturated carbocycles. The molecule has 0 saturated heterocycles. The van der Waals surface area contributed by atoms with Crippen LogP contribution in [-0.4, -0.2) is 32.7 Å². The van der Waals surface area contributed by atoms with Crippen LogP contribution >= 0.6 is 34.4 Å². The van der Waals surface area contributed by atoms with Gasteiger partial charge in [-0.15, -0.1) is 22.7 Å². The lowest BCUT2D eigenvalue weighted by molar-refractivity contribution is 0.0951. The van der Waals surface area contributed by atoms with Gasteiger partial charge in [0.05, 0.1) is 35.1 Å². The molecule has 2 fully saturated rings. The van der Waals surface area contributed by atoms with Crippen LogP contribution in [-0.2, 0) is 0 Å². The first-order valence-corrected chi connectivity index (χ1v) is 15.1. The van der Waals surface area contributed by atoms with Gasteiger partial charge in [-0.1, -0.05) is 18.6 Å². The number of nitrogens with zero attached hydrogens (tertiary/aromatic N) is 2. The highest BCUT2D eigenvalue weighted by atomic mass is 32.1. The molecule has 0 spiro atoms. The van der Waals surface area contributed by atoms with Crippen LogP contribution in [0.3, 0.4) is 0 Å². The van der Waals surface area contributed by atoms with Crippen molar-refractivity contribution in [2.45, 2.75) is 70.0 Å². The van der Waals surface area contributed by atoms with E-state index in [1.165, 1.54) is 31.0 Å². The highest BCUT2D eigenvalue weighted by molar-refractivity contribution is 7.14. The summed E-state index contributed by atoms with van der Waals surface area (Å²) in [4.78, 5) is 2.27. The Morgan fingerprint density at radius 1 is 0.743 bits per heavy atom.